The summed E-state index contributed by atoms with van der Waals surface area (Å²) < 4.78 is 11.1. The largest absolute Gasteiger partial charge is 0.468 e. The molecule has 0 spiro atoms. The number of esters is 1. The van der Waals surface area contributed by atoms with Crippen molar-refractivity contribution in [1.82, 2.24) is 9.55 Å². The summed E-state index contributed by atoms with van der Waals surface area (Å²) in [6.07, 6.45) is 0.120. The highest BCUT2D eigenvalue weighted by Gasteiger charge is 2.09. The third kappa shape index (κ3) is 3.58. The summed E-state index contributed by atoms with van der Waals surface area (Å²) in [5, 5.41) is 0. The monoisotopic (exact) mass is 240 g/mol. The number of rotatable bonds is 5. The summed E-state index contributed by atoms with van der Waals surface area (Å²) in [5.41, 5.74) is 0.345. The fourth-order valence-electron chi connectivity index (χ4n) is 1.39. The van der Waals surface area contributed by atoms with Gasteiger partial charge in [0.2, 0.25) is 0 Å². The summed E-state index contributed by atoms with van der Waals surface area (Å²) >= 11 is 0. The van der Waals surface area contributed by atoms with Gasteiger partial charge >= 0.3 is 5.97 Å². The lowest BCUT2D eigenvalue weighted by Crippen LogP contribution is -2.24. The molecule has 0 amide bonds. The lowest BCUT2D eigenvalue weighted by molar-refractivity contribution is -0.143. The first kappa shape index (κ1) is 13.2. The molecule has 17 heavy (non-hydrogen) atoms. The van der Waals surface area contributed by atoms with Crippen LogP contribution in [0, 0.1) is 6.92 Å². The van der Waals surface area contributed by atoms with E-state index in [1.165, 1.54) is 17.7 Å². The van der Waals surface area contributed by atoms with Gasteiger partial charge in [-0.1, -0.05) is 0 Å². The van der Waals surface area contributed by atoms with E-state index in [1.807, 2.05) is 0 Å². The van der Waals surface area contributed by atoms with Gasteiger partial charge in [0.25, 0.3) is 11.6 Å². The molecule has 1 aromatic rings. The number of hydrogen-bond donors (Lipinski definition) is 0. The van der Waals surface area contributed by atoms with E-state index in [0.29, 0.717) is 12.3 Å². The van der Waals surface area contributed by atoms with E-state index >= 15 is 0 Å². The first-order valence-corrected chi connectivity index (χ1v) is 5.36. The Kier molecular flexibility index (Phi) is 4.68. The Morgan fingerprint density at radius 2 is 2.24 bits per heavy atom. The van der Waals surface area contributed by atoms with E-state index in [1.54, 1.807) is 13.8 Å². The molecule has 1 heterocycles. The van der Waals surface area contributed by atoms with E-state index in [4.69, 9.17) is 9.47 Å². The molecule has 1 rings (SSSR count). The minimum Gasteiger partial charge on any atom is -0.468 e. The van der Waals surface area contributed by atoms with Crippen LogP contribution in [-0.2, 0) is 16.1 Å². The molecule has 0 bridgehead atoms. The summed E-state index contributed by atoms with van der Waals surface area (Å²) in [5.74, 6) is -0.345. The maximum atomic E-state index is 11.7. The molecule has 0 fully saturated rings. The Morgan fingerprint density at radius 3 is 2.82 bits per heavy atom. The second kappa shape index (κ2) is 6.03. The topological polar surface area (TPSA) is 70.4 Å². The number of carbonyl (C=O) groups is 1. The lowest BCUT2D eigenvalue weighted by atomic mass is 10.4. The zero-order valence-electron chi connectivity index (χ0n) is 10.2. The standard InChI is InChI=1S/C11H16N2O4/c1-4-17-10(15)5-6-13-9(14)7-8(2)12-11(13)16-3/h7H,4-6H2,1-3H3. The summed E-state index contributed by atoms with van der Waals surface area (Å²) in [6.45, 7) is 3.98. The van der Waals surface area contributed by atoms with Crippen LogP contribution < -0.4 is 10.3 Å². The normalized spacial score (nSPS) is 10.1. The number of methoxy groups -OCH3 is 1. The first-order valence-electron chi connectivity index (χ1n) is 5.36. The maximum absolute atomic E-state index is 11.7. The van der Waals surface area contributed by atoms with E-state index in [9.17, 15) is 9.59 Å². The van der Waals surface area contributed by atoms with E-state index in [-0.39, 0.29) is 30.5 Å². The molecule has 0 radical (unpaired) electrons. The average molecular weight is 240 g/mol. The highest BCUT2D eigenvalue weighted by atomic mass is 16.5. The second-order valence-corrected chi connectivity index (χ2v) is 3.43. The molecule has 0 saturated heterocycles. The number of hydrogen-bond acceptors (Lipinski definition) is 5. The fraction of sp³-hybridized carbons (Fsp3) is 0.545. The van der Waals surface area contributed by atoms with E-state index in [0.717, 1.165) is 0 Å². The summed E-state index contributed by atoms with van der Waals surface area (Å²) in [4.78, 5) is 26.9. The van der Waals surface area contributed by atoms with Crippen molar-refractivity contribution in [3.05, 3.63) is 22.1 Å². The van der Waals surface area contributed by atoms with Crippen LogP contribution in [0.15, 0.2) is 10.9 Å². The second-order valence-electron chi connectivity index (χ2n) is 3.43. The predicted octanol–water partition coefficient (Wildman–Crippen LogP) is 0.514. The summed E-state index contributed by atoms with van der Waals surface area (Å²) in [7, 11) is 1.43. The van der Waals surface area contributed by atoms with Crippen LogP contribution in [-0.4, -0.2) is 29.2 Å². The van der Waals surface area contributed by atoms with Crippen molar-refractivity contribution in [2.24, 2.45) is 0 Å². The third-order valence-corrected chi connectivity index (χ3v) is 2.13. The van der Waals surface area contributed by atoms with Gasteiger partial charge in [0.1, 0.15) is 0 Å². The third-order valence-electron chi connectivity index (χ3n) is 2.13. The van der Waals surface area contributed by atoms with Crippen molar-refractivity contribution >= 4 is 5.97 Å². The predicted molar refractivity (Wildman–Crippen MR) is 61.0 cm³/mol. The molecular weight excluding hydrogens is 224 g/mol. The minimum atomic E-state index is -0.345. The van der Waals surface area contributed by atoms with Gasteiger partial charge in [-0.15, -0.1) is 0 Å². The number of aryl methyl sites for hydroxylation is 1. The van der Waals surface area contributed by atoms with Gasteiger partial charge in [-0.3, -0.25) is 14.2 Å². The minimum absolute atomic E-state index is 0.120. The Hall–Kier alpha value is -1.85. The molecule has 0 aliphatic rings. The zero-order chi connectivity index (χ0) is 12.8. The first-order chi connectivity index (χ1) is 8.08. The van der Waals surface area contributed by atoms with Crippen molar-refractivity contribution in [1.29, 1.82) is 0 Å². The molecule has 0 N–H and O–H groups in total. The molecule has 0 atom stereocenters. The van der Waals surface area contributed by atoms with Gasteiger partial charge in [0.05, 0.1) is 20.1 Å². The molecule has 0 saturated carbocycles. The van der Waals surface area contributed by atoms with Gasteiger partial charge in [-0.25, -0.2) is 4.98 Å². The molecule has 94 valence electrons. The molecule has 6 heteroatoms. The van der Waals surface area contributed by atoms with Gasteiger partial charge in [0, 0.05) is 18.3 Å². The number of aromatic nitrogens is 2. The number of carbonyl (C=O) groups excluding carboxylic acids is 1. The van der Waals surface area contributed by atoms with Gasteiger partial charge in [0.15, 0.2) is 0 Å². The molecule has 0 aliphatic carbocycles. The van der Waals surface area contributed by atoms with E-state index < -0.39 is 0 Å². The SMILES string of the molecule is CCOC(=O)CCn1c(OC)nc(C)cc1=O. The quantitative estimate of drug-likeness (QED) is 0.701. The smallest absolute Gasteiger partial charge is 0.307 e. The lowest BCUT2D eigenvalue weighted by Gasteiger charge is -2.10. The molecule has 6 nitrogen and oxygen atoms in total. The van der Waals surface area contributed by atoms with Crippen LogP contribution in [0.25, 0.3) is 0 Å². The maximum Gasteiger partial charge on any atom is 0.307 e. The van der Waals surface area contributed by atoms with Crippen molar-refractivity contribution in [2.45, 2.75) is 26.8 Å². The van der Waals surface area contributed by atoms with Gasteiger partial charge in [-0.2, -0.15) is 0 Å². The molecular formula is C11H16N2O4. The Morgan fingerprint density at radius 1 is 1.53 bits per heavy atom. The van der Waals surface area contributed by atoms with Crippen LogP contribution in [0.2, 0.25) is 0 Å². The average Bonchev–Trinajstić information content (AvgIpc) is 2.27. The number of nitrogens with zero attached hydrogens (tertiary/aromatic N) is 2. The van der Waals surface area contributed by atoms with Crippen molar-refractivity contribution < 1.29 is 14.3 Å². The van der Waals surface area contributed by atoms with Crippen LogP contribution in [0.4, 0.5) is 0 Å². The Labute approximate surface area is 99.2 Å². The van der Waals surface area contributed by atoms with Gasteiger partial charge < -0.3 is 9.47 Å². The highest BCUT2D eigenvalue weighted by Crippen LogP contribution is 2.05. The molecule has 1 aromatic heterocycles. The van der Waals surface area contributed by atoms with Crippen LogP contribution >= 0.6 is 0 Å². The fourth-order valence-corrected chi connectivity index (χ4v) is 1.39. The Balaban J connectivity index is 2.83. The Bertz CT molecular complexity index is 453. The van der Waals surface area contributed by atoms with Crippen molar-refractivity contribution in [2.75, 3.05) is 13.7 Å². The molecule has 0 aliphatic heterocycles. The van der Waals surface area contributed by atoms with Crippen LogP contribution in [0.5, 0.6) is 6.01 Å². The van der Waals surface area contributed by atoms with Crippen LogP contribution in [0.3, 0.4) is 0 Å². The number of ether oxygens (including phenoxy) is 2. The molecule has 0 aromatic carbocycles. The molecule has 0 unspecified atom stereocenters. The van der Waals surface area contributed by atoms with Crippen molar-refractivity contribution in [3.63, 3.8) is 0 Å². The van der Waals surface area contributed by atoms with Gasteiger partial charge in [-0.05, 0) is 13.8 Å². The summed E-state index contributed by atoms with van der Waals surface area (Å²) in [6, 6.07) is 1.60. The van der Waals surface area contributed by atoms with Crippen LogP contribution in [0.1, 0.15) is 19.0 Å². The van der Waals surface area contributed by atoms with E-state index in [2.05, 4.69) is 4.98 Å². The zero-order valence-corrected chi connectivity index (χ0v) is 10.2. The highest BCUT2D eigenvalue weighted by molar-refractivity contribution is 5.69. The van der Waals surface area contributed by atoms with Crippen molar-refractivity contribution in [3.8, 4) is 6.01 Å².